The summed E-state index contributed by atoms with van der Waals surface area (Å²) in [7, 11) is 0.130. The zero-order valence-corrected chi connectivity index (χ0v) is 17.0. The van der Waals surface area contributed by atoms with Crippen molar-refractivity contribution in [2.24, 2.45) is 0 Å². The van der Waals surface area contributed by atoms with E-state index in [1.165, 1.54) is 0 Å². The standard InChI is InChI=1S/C18H24N6O3S/c1-13-6-7-17(21-20-13)23-11-14-15(12-23)27-18-16(5-4-8-19-18)28(25,26)24(14)10-9-22(2)3/h4-8,14-15H,9-12H2,1-3H3/t14-,15+/m0/s1. The van der Waals surface area contributed by atoms with Crippen molar-refractivity contribution >= 4 is 15.8 Å². The van der Waals surface area contributed by atoms with Gasteiger partial charge in [-0.25, -0.2) is 13.4 Å². The molecule has 2 aromatic rings. The second kappa shape index (κ2) is 7.26. The van der Waals surface area contributed by atoms with Crippen molar-refractivity contribution in [2.45, 2.75) is 24.0 Å². The highest BCUT2D eigenvalue weighted by atomic mass is 32.2. The minimum Gasteiger partial charge on any atom is -0.470 e. The van der Waals surface area contributed by atoms with Gasteiger partial charge in [0.05, 0.1) is 18.3 Å². The summed E-state index contributed by atoms with van der Waals surface area (Å²) >= 11 is 0. The van der Waals surface area contributed by atoms with E-state index in [1.54, 1.807) is 22.6 Å². The quantitative estimate of drug-likeness (QED) is 0.722. The fourth-order valence-electron chi connectivity index (χ4n) is 3.59. The number of sulfonamides is 1. The first-order valence-corrected chi connectivity index (χ1v) is 10.6. The molecule has 0 spiro atoms. The molecule has 2 atom stereocenters. The van der Waals surface area contributed by atoms with E-state index in [0.29, 0.717) is 32.0 Å². The minimum atomic E-state index is -3.73. The van der Waals surface area contributed by atoms with E-state index in [2.05, 4.69) is 15.2 Å². The summed E-state index contributed by atoms with van der Waals surface area (Å²) in [6.45, 7) is 3.88. The number of ether oxygens (including phenoxy) is 1. The number of hydrogen-bond acceptors (Lipinski definition) is 8. The van der Waals surface area contributed by atoms with E-state index < -0.39 is 10.0 Å². The summed E-state index contributed by atoms with van der Waals surface area (Å²) in [5.74, 6) is 0.884. The van der Waals surface area contributed by atoms with Gasteiger partial charge in [0.25, 0.3) is 0 Å². The normalized spacial score (nSPS) is 23.8. The third-order valence-corrected chi connectivity index (χ3v) is 7.01. The lowest BCUT2D eigenvalue weighted by Crippen LogP contribution is -2.49. The predicted octanol–water partition coefficient (Wildman–Crippen LogP) is 0.382. The maximum absolute atomic E-state index is 13.4. The number of fused-ring (bicyclic) bond motifs is 2. The molecule has 150 valence electrons. The number of pyridine rings is 1. The van der Waals surface area contributed by atoms with E-state index >= 15 is 0 Å². The van der Waals surface area contributed by atoms with Crippen LogP contribution in [0.15, 0.2) is 35.4 Å². The summed E-state index contributed by atoms with van der Waals surface area (Å²) in [6.07, 6.45) is 1.22. The molecule has 0 aliphatic carbocycles. The highest BCUT2D eigenvalue weighted by Gasteiger charge is 2.47. The van der Waals surface area contributed by atoms with Gasteiger partial charge in [0.1, 0.15) is 11.0 Å². The van der Waals surface area contributed by atoms with Crippen LogP contribution < -0.4 is 9.64 Å². The van der Waals surface area contributed by atoms with Crippen molar-refractivity contribution in [3.8, 4) is 5.88 Å². The summed E-state index contributed by atoms with van der Waals surface area (Å²) in [6, 6.07) is 6.65. The van der Waals surface area contributed by atoms with Crippen LogP contribution in [-0.2, 0) is 10.0 Å². The summed E-state index contributed by atoms with van der Waals surface area (Å²) in [5, 5.41) is 8.37. The average Bonchev–Trinajstić information content (AvgIpc) is 3.02. The van der Waals surface area contributed by atoms with E-state index in [1.807, 2.05) is 43.0 Å². The third-order valence-electron chi connectivity index (χ3n) is 5.07. The molecule has 10 heteroatoms. The van der Waals surface area contributed by atoms with E-state index in [4.69, 9.17) is 4.74 Å². The lowest BCUT2D eigenvalue weighted by Gasteiger charge is -2.29. The molecule has 0 aromatic carbocycles. The zero-order valence-electron chi connectivity index (χ0n) is 16.2. The molecule has 0 N–H and O–H groups in total. The van der Waals surface area contributed by atoms with Gasteiger partial charge >= 0.3 is 0 Å². The second-order valence-electron chi connectivity index (χ2n) is 7.39. The van der Waals surface area contributed by atoms with Crippen molar-refractivity contribution < 1.29 is 13.2 Å². The van der Waals surface area contributed by atoms with Gasteiger partial charge in [-0.05, 0) is 45.3 Å². The molecule has 2 aliphatic heterocycles. The number of nitrogens with zero attached hydrogens (tertiary/aromatic N) is 6. The largest absolute Gasteiger partial charge is 0.470 e. The zero-order chi connectivity index (χ0) is 19.9. The van der Waals surface area contributed by atoms with Crippen LogP contribution in [0.4, 0.5) is 5.82 Å². The lowest BCUT2D eigenvalue weighted by molar-refractivity contribution is 0.145. The Morgan fingerprint density at radius 3 is 2.75 bits per heavy atom. The van der Waals surface area contributed by atoms with Crippen LogP contribution in [-0.4, -0.2) is 85.2 Å². The summed E-state index contributed by atoms with van der Waals surface area (Å²) in [4.78, 5) is 8.31. The van der Waals surface area contributed by atoms with Crippen LogP contribution in [0.5, 0.6) is 5.88 Å². The average molecular weight is 404 g/mol. The number of rotatable bonds is 4. The van der Waals surface area contributed by atoms with Crippen LogP contribution in [0.3, 0.4) is 0 Å². The summed E-state index contributed by atoms with van der Waals surface area (Å²) < 4.78 is 34.5. The van der Waals surface area contributed by atoms with Gasteiger partial charge in [0, 0.05) is 25.8 Å². The van der Waals surface area contributed by atoms with Crippen molar-refractivity contribution in [3.63, 3.8) is 0 Å². The Kier molecular flexibility index (Phi) is 4.94. The van der Waals surface area contributed by atoms with Crippen molar-refractivity contribution in [1.29, 1.82) is 0 Å². The number of aryl methyl sites for hydroxylation is 1. The maximum atomic E-state index is 13.4. The van der Waals surface area contributed by atoms with Gasteiger partial charge in [-0.2, -0.15) is 9.40 Å². The second-order valence-corrected chi connectivity index (χ2v) is 9.25. The number of likely N-dealkylation sites (N-methyl/N-ethyl adjacent to an activating group) is 1. The molecule has 4 heterocycles. The van der Waals surface area contributed by atoms with Gasteiger partial charge in [0.15, 0.2) is 5.82 Å². The summed E-state index contributed by atoms with van der Waals surface area (Å²) in [5.41, 5.74) is 0.835. The van der Waals surface area contributed by atoms with Crippen molar-refractivity contribution in [1.82, 2.24) is 24.4 Å². The van der Waals surface area contributed by atoms with Crippen LogP contribution in [0.2, 0.25) is 0 Å². The Morgan fingerprint density at radius 1 is 1.21 bits per heavy atom. The van der Waals surface area contributed by atoms with Gasteiger partial charge in [-0.15, -0.1) is 5.10 Å². The first-order chi connectivity index (χ1) is 13.4. The number of aromatic nitrogens is 3. The Balaban J connectivity index is 1.71. The molecular weight excluding hydrogens is 380 g/mol. The van der Waals surface area contributed by atoms with Gasteiger partial charge in [0.2, 0.25) is 15.9 Å². The Bertz CT molecular complexity index is 950. The molecule has 28 heavy (non-hydrogen) atoms. The fraction of sp³-hybridized carbons (Fsp3) is 0.500. The molecule has 1 saturated heterocycles. The molecule has 0 saturated carbocycles. The van der Waals surface area contributed by atoms with Crippen molar-refractivity contribution in [2.75, 3.05) is 45.2 Å². The topological polar surface area (TPSA) is 91.8 Å². The predicted molar refractivity (Wildman–Crippen MR) is 104 cm³/mol. The molecule has 0 amide bonds. The van der Waals surface area contributed by atoms with Gasteiger partial charge in [-0.3, -0.25) is 0 Å². The molecule has 9 nitrogen and oxygen atoms in total. The molecular formula is C18H24N6O3S. The van der Waals surface area contributed by atoms with E-state index in [9.17, 15) is 8.42 Å². The smallest absolute Gasteiger partial charge is 0.248 e. The first kappa shape index (κ1) is 19.0. The van der Waals surface area contributed by atoms with Crippen LogP contribution in [0, 0.1) is 6.92 Å². The highest BCUT2D eigenvalue weighted by molar-refractivity contribution is 7.89. The van der Waals surface area contributed by atoms with Crippen LogP contribution in [0.1, 0.15) is 5.69 Å². The third kappa shape index (κ3) is 3.43. The number of anilines is 1. The van der Waals surface area contributed by atoms with Crippen molar-refractivity contribution in [3.05, 3.63) is 36.2 Å². The fourth-order valence-corrected chi connectivity index (χ4v) is 5.30. The first-order valence-electron chi connectivity index (χ1n) is 9.20. The molecule has 0 bridgehead atoms. The van der Waals surface area contributed by atoms with Crippen LogP contribution >= 0.6 is 0 Å². The Hall–Kier alpha value is -2.30. The maximum Gasteiger partial charge on any atom is 0.248 e. The van der Waals surface area contributed by atoms with E-state index in [-0.39, 0.29) is 22.9 Å². The van der Waals surface area contributed by atoms with Gasteiger partial charge < -0.3 is 14.5 Å². The van der Waals surface area contributed by atoms with E-state index in [0.717, 1.165) is 5.69 Å². The Morgan fingerprint density at radius 2 is 2.04 bits per heavy atom. The molecule has 0 radical (unpaired) electrons. The Labute approximate surface area is 165 Å². The molecule has 0 unspecified atom stereocenters. The molecule has 2 aliphatic rings. The minimum absolute atomic E-state index is 0.129. The monoisotopic (exact) mass is 404 g/mol. The SMILES string of the molecule is Cc1ccc(N2C[C@H]3Oc4ncccc4S(=O)(=O)N(CCN(C)C)[C@H]3C2)nn1. The molecule has 2 aromatic heterocycles. The molecule has 1 fully saturated rings. The van der Waals surface area contributed by atoms with Crippen LogP contribution in [0.25, 0.3) is 0 Å². The highest BCUT2D eigenvalue weighted by Crippen LogP contribution is 2.35. The number of hydrogen-bond donors (Lipinski definition) is 0. The van der Waals surface area contributed by atoms with Gasteiger partial charge in [-0.1, -0.05) is 0 Å². The lowest BCUT2D eigenvalue weighted by atomic mass is 10.2. The molecule has 4 rings (SSSR count).